The van der Waals surface area contributed by atoms with Gasteiger partial charge in [0.1, 0.15) is 24.6 Å². The highest BCUT2D eigenvalue weighted by atomic mass is 16.6. The largest absolute Gasteiger partial charge is 0.394 e. The fourth-order valence-electron chi connectivity index (χ4n) is 4.51. The van der Waals surface area contributed by atoms with Crippen molar-refractivity contribution in [3.8, 4) is 0 Å². The Kier molecular flexibility index (Phi) is 6.50. The number of aliphatic hydroxyl groups excluding tert-OH is 2. The molecule has 4 atom stereocenters. The van der Waals surface area contributed by atoms with Crippen molar-refractivity contribution >= 4 is 17.0 Å². The lowest BCUT2D eigenvalue weighted by Gasteiger charge is -2.20. The molecule has 1 aliphatic heterocycles. The quantitative estimate of drug-likeness (QED) is 0.366. The van der Waals surface area contributed by atoms with Gasteiger partial charge in [-0.1, -0.05) is 60.7 Å². The third-order valence-corrected chi connectivity index (χ3v) is 6.28. The molecule has 0 spiro atoms. The number of imidazole rings is 1. The van der Waals surface area contributed by atoms with Crippen LogP contribution in [-0.2, 0) is 9.47 Å². The van der Waals surface area contributed by atoms with Gasteiger partial charge in [0.25, 0.3) is 0 Å². The molecule has 2 unspecified atom stereocenters. The van der Waals surface area contributed by atoms with Crippen molar-refractivity contribution < 1.29 is 19.7 Å². The van der Waals surface area contributed by atoms with E-state index in [-0.39, 0.29) is 12.5 Å². The first-order valence-electron chi connectivity index (χ1n) is 11.2. The van der Waals surface area contributed by atoms with Gasteiger partial charge >= 0.3 is 0 Å². The number of hydrogen-bond donors (Lipinski definition) is 3. The van der Waals surface area contributed by atoms with Crippen molar-refractivity contribution in [3.05, 3.63) is 84.4 Å². The number of ether oxygens (including phenoxy) is 2. The lowest BCUT2D eigenvalue weighted by atomic mass is 9.91. The van der Waals surface area contributed by atoms with Crippen molar-refractivity contribution in [2.24, 2.45) is 0 Å². The van der Waals surface area contributed by atoms with E-state index in [1.165, 1.54) is 24.6 Å². The number of anilines is 1. The summed E-state index contributed by atoms with van der Waals surface area (Å²) in [6, 6.07) is 20.7. The van der Waals surface area contributed by atoms with Crippen LogP contribution in [0.25, 0.3) is 11.2 Å². The molecule has 9 heteroatoms. The zero-order chi connectivity index (χ0) is 23.5. The Morgan fingerprint density at radius 2 is 1.71 bits per heavy atom. The molecule has 176 valence electrons. The topological polar surface area (TPSA) is 115 Å². The SMILES string of the molecule is COC1C(O)[C@@H](CO)O[C@H]1n1cnc2c(NCC(c3ccccc3)c3ccccc3)ncnc21. The summed E-state index contributed by atoms with van der Waals surface area (Å²) in [5.74, 6) is 0.720. The minimum absolute atomic E-state index is 0.117. The Labute approximate surface area is 197 Å². The minimum atomic E-state index is -0.964. The molecule has 0 radical (unpaired) electrons. The summed E-state index contributed by atoms with van der Waals surface area (Å²) in [6.45, 7) is 0.297. The molecular formula is C25H27N5O4. The third kappa shape index (κ3) is 4.14. The summed E-state index contributed by atoms with van der Waals surface area (Å²) < 4.78 is 13.0. The summed E-state index contributed by atoms with van der Waals surface area (Å²) in [5.41, 5.74) is 3.53. The van der Waals surface area contributed by atoms with Crippen LogP contribution in [-0.4, -0.2) is 68.3 Å². The first-order valence-corrected chi connectivity index (χ1v) is 11.2. The molecule has 0 saturated carbocycles. The van der Waals surface area contributed by atoms with Crippen LogP contribution in [0.5, 0.6) is 0 Å². The van der Waals surface area contributed by atoms with Crippen LogP contribution in [0.2, 0.25) is 0 Å². The molecular weight excluding hydrogens is 434 g/mol. The van der Waals surface area contributed by atoms with Gasteiger partial charge in [0, 0.05) is 19.6 Å². The van der Waals surface area contributed by atoms with Crippen molar-refractivity contribution in [1.29, 1.82) is 0 Å². The monoisotopic (exact) mass is 461 g/mol. The molecule has 34 heavy (non-hydrogen) atoms. The highest BCUT2D eigenvalue weighted by molar-refractivity contribution is 5.82. The average molecular weight is 462 g/mol. The van der Waals surface area contributed by atoms with E-state index in [1.54, 1.807) is 10.9 Å². The molecule has 2 aromatic heterocycles. The number of nitrogens with zero attached hydrogens (tertiary/aromatic N) is 4. The smallest absolute Gasteiger partial charge is 0.167 e. The predicted molar refractivity (Wildman–Crippen MR) is 126 cm³/mol. The molecule has 1 aliphatic rings. The van der Waals surface area contributed by atoms with Crippen molar-refractivity contribution in [1.82, 2.24) is 19.5 Å². The van der Waals surface area contributed by atoms with Gasteiger partial charge in [-0.05, 0) is 11.1 Å². The molecule has 1 fully saturated rings. The summed E-state index contributed by atoms with van der Waals surface area (Å²) in [4.78, 5) is 13.4. The predicted octanol–water partition coefficient (Wildman–Crippen LogP) is 2.34. The fourth-order valence-corrected chi connectivity index (χ4v) is 4.51. The van der Waals surface area contributed by atoms with E-state index in [0.717, 1.165) is 0 Å². The van der Waals surface area contributed by atoms with Gasteiger partial charge in [-0.2, -0.15) is 0 Å². The molecule has 9 nitrogen and oxygen atoms in total. The average Bonchev–Trinajstić information content (AvgIpc) is 3.46. The van der Waals surface area contributed by atoms with Crippen LogP contribution < -0.4 is 5.32 Å². The van der Waals surface area contributed by atoms with Crippen LogP contribution in [0.15, 0.2) is 73.3 Å². The van der Waals surface area contributed by atoms with E-state index in [2.05, 4.69) is 44.5 Å². The highest BCUT2D eigenvalue weighted by Crippen LogP contribution is 2.34. The normalized spacial score (nSPS) is 22.5. The second-order valence-corrected chi connectivity index (χ2v) is 8.24. The molecule has 5 rings (SSSR count). The molecule has 2 aromatic carbocycles. The second-order valence-electron chi connectivity index (χ2n) is 8.24. The fraction of sp³-hybridized carbons (Fsp3) is 0.320. The lowest BCUT2D eigenvalue weighted by molar-refractivity contribution is -0.0583. The Balaban J connectivity index is 1.43. The van der Waals surface area contributed by atoms with Gasteiger partial charge in [0.05, 0.1) is 12.9 Å². The number of hydrogen-bond acceptors (Lipinski definition) is 8. The summed E-state index contributed by atoms with van der Waals surface area (Å²) in [7, 11) is 1.50. The van der Waals surface area contributed by atoms with Crippen LogP contribution >= 0.6 is 0 Å². The van der Waals surface area contributed by atoms with Crippen LogP contribution in [0.3, 0.4) is 0 Å². The molecule has 3 heterocycles. The second kappa shape index (κ2) is 9.86. The Bertz CT molecular complexity index is 1180. The van der Waals surface area contributed by atoms with E-state index in [4.69, 9.17) is 9.47 Å². The van der Waals surface area contributed by atoms with Gasteiger partial charge in [0.15, 0.2) is 23.2 Å². The minimum Gasteiger partial charge on any atom is -0.394 e. The number of fused-ring (bicyclic) bond motifs is 1. The van der Waals surface area contributed by atoms with Crippen molar-refractivity contribution in [2.75, 3.05) is 25.6 Å². The van der Waals surface area contributed by atoms with Crippen LogP contribution in [0.1, 0.15) is 23.3 Å². The maximum atomic E-state index is 10.4. The van der Waals surface area contributed by atoms with E-state index in [0.29, 0.717) is 23.5 Å². The molecule has 1 saturated heterocycles. The van der Waals surface area contributed by atoms with Crippen LogP contribution in [0, 0.1) is 0 Å². The van der Waals surface area contributed by atoms with Crippen LogP contribution in [0.4, 0.5) is 5.82 Å². The van der Waals surface area contributed by atoms with E-state index >= 15 is 0 Å². The van der Waals surface area contributed by atoms with E-state index in [1.807, 2.05) is 36.4 Å². The maximum Gasteiger partial charge on any atom is 0.167 e. The third-order valence-electron chi connectivity index (χ3n) is 6.28. The first kappa shape index (κ1) is 22.4. The van der Waals surface area contributed by atoms with E-state index < -0.39 is 24.5 Å². The number of methoxy groups -OCH3 is 1. The highest BCUT2D eigenvalue weighted by Gasteiger charge is 2.45. The Morgan fingerprint density at radius 3 is 2.32 bits per heavy atom. The van der Waals surface area contributed by atoms with Crippen molar-refractivity contribution in [3.63, 3.8) is 0 Å². The first-order chi connectivity index (χ1) is 16.7. The molecule has 0 aliphatic carbocycles. The Morgan fingerprint density at radius 1 is 1.03 bits per heavy atom. The number of aliphatic hydroxyl groups is 2. The number of rotatable bonds is 8. The summed E-state index contributed by atoms with van der Waals surface area (Å²) in [5, 5.41) is 23.4. The number of nitrogens with one attached hydrogen (secondary N) is 1. The maximum absolute atomic E-state index is 10.4. The van der Waals surface area contributed by atoms with Gasteiger partial charge < -0.3 is 25.0 Å². The molecule has 0 amide bonds. The van der Waals surface area contributed by atoms with Gasteiger partial charge in [-0.15, -0.1) is 0 Å². The van der Waals surface area contributed by atoms with Gasteiger partial charge in [-0.25, -0.2) is 15.0 Å². The standard InChI is InChI=1S/C25H27N5O4/c1-33-22-21(32)19(13-31)34-25(22)30-15-29-20-23(27-14-28-24(20)30)26-12-18(16-8-4-2-5-9-16)17-10-6-3-7-11-17/h2-11,14-15,18-19,21-22,25,31-32H,12-13H2,1H3,(H,26,27,28)/t19-,21?,22?,25-/m1/s1. The molecule has 3 N–H and O–H groups in total. The molecule has 0 bridgehead atoms. The zero-order valence-electron chi connectivity index (χ0n) is 18.7. The Hall–Kier alpha value is -3.37. The number of aromatic nitrogens is 4. The molecule has 4 aromatic rings. The summed E-state index contributed by atoms with van der Waals surface area (Å²) in [6.07, 6.45) is 0.0191. The van der Waals surface area contributed by atoms with Crippen molar-refractivity contribution in [2.45, 2.75) is 30.5 Å². The van der Waals surface area contributed by atoms with E-state index in [9.17, 15) is 10.2 Å². The lowest BCUT2D eigenvalue weighted by Crippen LogP contribution is -2.34. The van der Waals surface area contributed by atoms with Gasteiger partial charge in [-0.3, -0.25) is 4.57 Å². The zero-order valence-corrected chi connectivity index (χ0v) is 18.7. The number of benzene rings is 2. The van der Waals surface area contributed by atoms with Gasteiger partial charge in [0.2, 0.25) is 0 Å². The summed E-state index contributed by atoms with van der Waals surface area (Å²) >= 11 is 0.